The highest BCUT2D eigenvalue weighted by atomic mass is 79.9. The van der Waals surface area contributed by atoms with E-state index < -0.39 is 17.3 Å². The van der Waals surface area contributed by atoms with Crippen molar-refractivity contribution >= 4 is 33.6 Å². The third-order valence-corrected chi connectivity index (χ3v) is 5.48. The molecule has 0 fully saturated rings. The summed E-state index contributed by atoms with van der Waals surface area (Å²) in [7, 11) is 0. The van der Waals surface area contributed by atoms with Crippen molar-refractivity contribution in [2.24, 2.45) is 0 Å². The van der Waals surface area contributed by atoms with E-state index in [1.54, 1.807) is 35.2 Å². The quantitative estimate of drug-likeness (QED) is 0.531. The number of hydrogen-bond donors (Lipinski definition) is 0. The molecule has 0 spiro atoms. The minimum Gasteiger partial charge on any atom is -0.343 e. The predicted octanol–water partition coefficient (Wildman–Crippen LogP) is 5.36. The Morgan fingerprint density at radius 1 is 1.25 bits per heavy atom. The zero-order chi connectivity index (χ0) is 20.9. The van der Waals surface area contributed by atoms with Crippen molar-refractivity contribution in [1.29, 1.82) is 5.26 Å². The Labute approximate surface area is 173 Å². The highest BCUT2D eigenvalue weighted by molar-refractivity contribution is 9.10. The van der Waals surface area contributed by atoms with Gasteiger partial charge in [-0.05, 0) is 32.0 Å². The first kappa shape index (κ1) is 22.2. The van der Waals surface area contributed by atoms with Gasteiger partial charge in [0.05, 0.1) is 22.6 Å². The number of aromatic nitrogens is 1. The van der Waals surface area contributed by atoms with Crippen LogP contribution in [0.15, 0.2) is 39.8 Å². The standard InChI is InChI=1S/C19H17BrF3N3OS/c1-3-26(4-2)17(27)11-28-18-14(10-24)15(19(21,22)23)9-16(25-18)12-5-7-13(20)8-6-12/h5-9H,3-4,11H2,1-2H3. The topological polar surface area (TPSA) is 57.0 Å². The van der Waals surface area contributed by atoms with Crippen molar-refractivity contribution in [2.45, 2.75) is 25.0 Å². The fourth-order valence-electron chi connectivity index (χ4n) is 2.52. The highest BCUT2D eigenvalue weighted by Crippen LogP contribution is 2.38. The number of carbonyl (C=O) groups is 1. The van der Waals surface area contributed by atoms with E-state index in [9.17, 15) is 23.2 Å². The van der Waals surface area contributed by atoms with E-state index in [1.807, 2.05) is 13.8 Å². The Morgan fingerprint density at radius 2 is 1.86 bits per heavy atom. The van der Waals surface area contributed by atoms with Crippen molar-refractivity contribution in [2.75, 3.05) is 18.8 Å². The Balaban J connectivity index is 2.50. The van der Waals surface area contributed by atoms with Crippen molar-refractivity contribution < 1.29 is 18.0 Å². The molecule has 28 heavy (non-hydrogen) atoms. The molecule has 4 nitrogen and oxygen atoms in total. The molecular formula is C19H17BrF3N3OS. The van der Waals surface area contributed by atoms with Gasteiger partial charge in [0.25, 0.3) is 0 Å². The van der Waals surface area contributed by atoms with E-state index in [0.29, 0.717) is 18.7 Å². The molecule has 0 N–H and O–H groups in total. The second kappa shape index (κ2) is 9.43. The van der Waals surface area contributed by atoms with E-state index in [0.717, 1.165) is 22.3 Å². The van der Waals surface area contributed by atoms with Gasteiger partial charge in [0.15, 0.2) is 0 Å². The lowest BCUT2D eigenvalue weighted by atomic mass is 10.1. The number of nitriles is 1. The van der Waals surface area contributed by atoms with Gasteiger partial charge in [-0.2, -0.15) is 18.4 Å². The van der Waals surface area contributed by atoms with Gasteiger partial charge in [-0.15, -0.1) is 0 Å². The smallest absolute Gasteiger partial charge is 0.343 e. The Hall–Kier alpha value is -2.05. The second-order valence-electron chi connectivity index (χ2n) is 5.71. The number of amides is 1. The highest BCUT2D eigenvalue weighted by Gasteiger charge is 2.36. The minimum absolute atomic E-state index is 0.0928. The second-order valence-corrected chi connectivity index (χ2v) is 7.59. The number of benzene rings is 1. The number of nitrogens with zero attached hydrogens (tertiary/aromatic N) is 3. The molecule has 1 aromatic carbocycles. The van der Waals surface area contributed by atoms with Gasteiger partial charge >= 0.3 is 6.18 Å². The van der Waals surface area contributed by atoms with Crippen LogP contribution in [0.25, 0.3) is 11.3 Å². The van der Waals surface area contributed by atoms with E-state index in [1.165, 1.54) is 0 Å². The normalized spacial score (nSPS) is 11.2. The van der Waals surface area contributed by atoms with Crippen molar-refractivity contribution in [3.8, 4) is 17.3 Å². The molecule has 1 aromatic heterocycles. The number of carbonyl (C=O) groups excluding carboxylic acids is 1. The van der Waals surface area contributed by atoms with E-state index in [-0.39, 0.29) is 22.4 Å². The number of rotatable bonds is 6. The number of alkyl halides is 3. The van der Waals surface area contributed by atoms with Crippen LogP contribution in [0.5, 0.6) is 0 Å². The molecule has 0 saturated heterocycles. The molecule has 2 aromatic rings. The number of hydrogen-bond acceptors (Lipinski definition) is 4. The lowest BCUT2D eigenvalue weighted by Crippen LogP contribution is -2.31. The summed E-state index contributed by atoms with van der Waals surface area (Å²) in [4.78, 5) is 18.0. The van der Waals surface area contributed by atoms with E-state index in [2.05, 4.69) is 20.9 Å². The summed E-state index contributed by atoms with van der Waals surface area (Å²) in [6.07, 6.45) is -4.71. The third kappa shape index (κ3) is 5.26. The molecule has 0 aliphatic heterocycles. The number of pyridine rings is 1. The van der Waals surface area contributed by atoms with E-state index in [4.69, 9.17) is 0 Å². The molecule has 9 heteroatoms. The molecule has 148 valence electrons. The van der Waals surface area contributed by atoms with Crippen molar-refractivity contribution in [3.05, 3.63) is 45.9 Å². The maximum Gasteiger partial charge on any atom is 0.417 e. The van der Waals surface area contributed by atoms with Gasteiger partial charge in [-0.1, -0.05) is 39.8 Å². The first-order valence-corrected chi connectivity index (χ1v) is 10.2. The van der Waals surface area contributed by atoms with Gasteiger partial charge in [0, 0.05) is 23.1 Å². The number of thioether (sulfide) groups is 1. The predicted molar refractivity (Wildman–Crippen MR) is 106 cm³/mol. The lowest BCUT2D eigenvalue weighted by molar-refractivity contribution is -0.138. The summed E-state index contributed by atoms with van der Waals surface area (Å²) in [6, 6.07) is 9.13. The summed E-state index contributed by atoms with van der Waals surface area (Å²) < 4.78 is 41.4. The monoisotopic (exact) mass is 471 g/mol. The molecule has 0 aliphatic rings. The molecule has 1 amide bonds. The Bertz CT molecular complexity index is 891. The molecule has 0 unspecified atom stereocenters. The largest absolute Gasteiger partial charge is 0.417 e. The first-order chi connectivity index (χ1) is 13.2. The van der Waals surface area contributed by atoms with Crippen LogP contribution in [0, 0.1) is 11.3 Å². The molecule has 1 heterocycles. The zero-order valence-electron chi connectivity index (χ0n) is 15.2. The van der Waals surface area contributed by atoms with Gasteiger partial charge < -0.3 is 4.90 Å². The van der Waals surface area contributed by atoms with Crippen LogP contribution in [0.2, 0.25) is 0 Å². The number of halogens is 4. The summed E-state index contributed by atoms with van der Waals surface area (Å²) in [5.74, 6) is -0.312. The summed E-state index contributed by atoms with van der Waals surface area (Å²) in [5, 5.41) is 9.22. The van der Waals surface area contributed by atoms with Crippen LogP contribution < -0.4 is 0 Å². The average molecular weight is 472 g/mol. The van der Waals surface area contributed by atoms with Crippen LogP contribution in [-0.2, 0) is 11.0 Å². The van der Waals surface area contributed by atoms with E-state index >= 15 is 0 Å². The molecule has 2 rings (SSSR count). The van der Waals surface area contributed by atoms with Crippen LogP contribution in [0.3, 0.4) is 0 Å². The van der Waals surface area contributed by atoms with Gasteiger partial charge in [-0.25, -0.2) is 4.98 Å². The molecule has 0 saturated carbocycles. The third-order valence-electron chi connectivity index (χ3n) is 3.99. The molecular weight excluding hydrogens is 455 g/mol. The van der Waals surface area contributed by atoms with Crippen LogP contribution in [-0.4, -0.2) is 34.6 Å². The summed E-state index contributed by atoms with van der Waals surface area (Å²) in [6.45, 7) is 4.64. The fourth-order valence-corrected chi connectivity index (χ4v) is 3.69. The maximum absolute atomic E-state index is 13.5. The van der Waals surface area contributed by atoms with Crippen LogP contribution in [0.1, 0.15) is 25.0 Å². The van der Waals surface area contributed by atoms with Crippen molar-refractivity contribution in [1.82, 2.24) is 9.88 Å². The Morgan fingerprint density at radius 3 is 2.36 bits per heavy atom. The van der Waals surface area contributed by atoms with Gasteiger partial charge in [0.2, 0.25) is 5.91 Å². The summed E-state index contributed by atoms with van der Waals surface area (Å²) >= 11 is 4.13. The van der Waals surface area contributed by atoms with Crippen molar-refractivity contribution in [3.63, 3.8) is 0 Å². The maximum atomic E-state index is 13.5. The molecule has 0 bridgehead atoms. The molecule has 0 radical (unpaired) electrons. The summed E-state index contributed by atoms with van der Waals surface area (Å²) in [5.41, 5.74) is -1.04. The lowest BCUT2D eigenvalue weighted by Gasteiger charge is -2.19. The molecule has 0 atom stereocenters. The van der Waals surface area contributed by atoms with Gasteiger partial charge in [-0.3, -0.25) is 4.79 Å². The SMILES string of the molecule is CCN(CC)C(=O)CSc1nc(-c2ccc(Br)cc2)cc(C(F)(F)F)c1C#N. The fraction of sp³-hybridized carbons (Fsp3) is 0.316. The first-order valence-electron chi connectivity index (χ1n) is 8.40. The zero-order valence-corrected chi connectivity index (χ0v) is 17.6. The average Bonchev–Trinajstić information content (AvgIpc) is 2.66. The molecule has 0 aliphatic carbocycles. The van der Waals surface area contributed by atoms with Crippen LogP contribution in [0.4, 0.5) is 13.2 Å². The van der Waals surface area contributed by atoms with Gasteiger partial charge in [0.1, 0.15) is 11.1 Å². The van der Waals surface area contributed by atoms with Crippen LogP contribution >= 0.6 is 27.7 Å². The Kier molecular flexibility index (Phi) is 7.49. The minimum atomic E-state index is -4.71.